The summed E-state index contributed by atoms with van der Waals surface area (Å²) in [5.74, 6) is 0.820. The van der Waals surface area contributed by atoms with E-state index in [2.05, 4.69) is 25.3 Å². The molecule has 0 unspecified atom stereocenters. The van der Waals surface area contributed by atoms with E-state index in [1.54, 1.807) is 6.33 Å². The second-order valence-electron chi connectivity index (χ2n) is 4.18. The highest BCUT2D eigenvalue weighted by molar-refractivity contribution is 7.99. The van der Waals surface area contributed by atoms with E-state index in [9.17, 15) is 0 Å². The number of anilines is 1. The zero-order chi connectivity index (χ0) is 13.8. The molecular formula is C13H17N5S. The molecule has 0 saturated heterocycles. The van der Waals surface area contributed by atoms with Gasteiger partial charge in [0.05, 0.1) is 0 Å². The molecule has 2 aromatic rings. The van der Waals surface area contributed by atoms with Crippen molar-refractivity contribution in [2.45, 2.75) is 37.9 Å². The van der Waals surface area contributed by atoms with Gasteiger partial charge >= 0.3 is 0 Å². The van der Waals surface area contributed by atoms with Gasteiger partial charge in [-0.05, 0) is 45.0 Å². The lowest BCUT2D eigenvalue weighted by Gasteiger charge is -2.07. The van der Waals surface area contributed by atoms with E-state index in [1.807, 2.05) is 33.8 Å². The van der Waals surface area contributed by atoms with Gasteiger partial charge in [-0.3, -0.25) is 0 Å². The molecule has 0 amide bonds. The van der Waals surface area contributed by atoms with Gasteiger partial charge in [-0.15, -0.1) is 0 Å². The fourth-order valence-electron chi connectivity index (χ4n) is 1.55. The smallest absolute Gasteiger partial charge is 0.194 e. The Morgan fingerprint density at radius 3 is 2.42 bits per heavy atom. The fraction of sp³-hybridized carbons (Fsp3) is 0.385. The van der Waals surface area contributed by atoms with Gasteiger partial charge < -0.3 is 5.32 Å². The van der Waals surface area contributed by atoms with E-state index < -0.39 is 0 Å². The normalized spacial score (nSPS) is 10.5. The van der Waals surface area contributed by atoms with Crippen LogP contribution < -0.4 is 5.32 Å². The average Bonchev–Trinajstić information content (AvgIpc) is 2.37. The minimum Gasteiger partial charge on any atom is -0.370 e. The third-order valence-corrected chi connectivity index (χ3v) is 3.61. The van der Waals surface area contributed by atoms with Gasteiger partial charge in [0.25, 0.3) is 0 Å². The van der Waals surface area contributed by atoms with Crippen LogP contribution in [0.1, 0.15) is 23.9 Å². The molecule has 19 heavy (non-hydrogen) atoms. The molecule has 2 rings (SSSR count). The van der Waals surface area contributed by atoms with Crippen LogP contribution in [0.3, 0.4) is 0 Å². The summed E-state index contributed by atoms with van der Waals surface area (Å²) < 4.78 is 0. The predicted octanol–water partition coefficient (Wildman–Crippen LogP) is 2.77. The van der Waals surface area contributed by atoms with Gasteiger partial charge in [0, 0.05) is 24.0 Å². The number of nitrogens with one attached hydrogen (secondary N) is 1. The monoisotopic (exact) mass is 275 g/mol. The van der Waals surface area contributed by atoms with Crippen molar-refractivity contribution < 1.29 is 0 Å². The summed E-state index contributed by atoms with van der Waals surface area (Å²) in [6.07, 6.45) is 1.55. The van der Waals surface area contributed by atoms with Crippen LogP contribution in [0.2, 0.25) is 0 Å². The summed E-state index contributed by atoms with van der Waals surface area (Å²) in [5, 5.41) is 4.73. The Labute approximate surface area is 117 Å². The Morgan fingerprint density at radius 1 is 1.11 bits per heavy atom. The maximum Gasteiger partial charge on any atom is 0.194 e. The fourth-order valence-corrected chi connectivity index (χ4v) is 2.38. The largest absolute Gasteiger partial charge is 0.370 e. The number of aryl methyl sites for hydroxylation is 2. The number of rotatable bonds is 4. The lowest BCUT2D eigenvalue weighted by molar-refractivity contribution is 0.877. The maximum absolute atomic E-state index is 4.48. The third kappa shape index (κ3) is 3.41. The molecule has 5 nitrogen and oxygen atoms in total. The SMILES string of the molecule is CCNc1cc(Sc2nc(C)c(C)c(C)n2)ncn1. The lowest BCUT2D eigenvalue weighted by atomic mass is 10.2. The molecule has 0 spiro atoms. The highest BCUT2D eigenvalue weighted by atomic mass is 32.2. The molecule has 0 bridgehead atoms. The van der Waals surface area contributed by atoms with E-state index in [4.69, 9.17) is 0 Å². The van der Waals surface area contributed by atoms with Crippen molar-refractivity contribution in [3.63, 3.8) is 0 Å². The zero-order valence-corrected chi connectivity index (χ0v) is 12.4. The van der Waals surface area contributed by atoms with Crippen LogP contribution in [0.4, 0.5) is 5.82 Å². The summed E-state index contributed by atoms with van der Waals surface area (Å²) in [7, 11) is 0. The molecule has 0 aliphatic carbocycles. The van der Waals surface area contributed by atoms with Crippen LogP contribution in [0.5, 0.6) is 0 Å². The quantitative estimate of drug-likeness (QED) is 0.684. The molecule has 0 saturated carbocycles. The molecule has 0 atom stereocenters. The third-order valence-electron chi connectivity index (χ3n) is 2.81. The van der Waals surface area contributed by atoms with Gasteiger partial charge in [0.2, 0.25) is 0 Å². The van der Waals surface area contributed by atoms with Crippen LogP contribution >= 0.6 is 11.8 Å². The van der Waals surface area contributed by atoms with E-state index in [0.717, 1.165) is 39.5 Å². The Bertz CT molecular complexity index is 562. The lowest BCUT2D eigenvalue weighted by Crippen LogP contribution is -2.00. The van der Waals surface area contributed by atoms with Crippen molar-refractivity contribution in [3.05, 3.63) is 29.3 Å². The second-order valence-corrected chi connectivity index (χ2v) is 5.16. The molecule has 0 aliphatic rings. The van der Waals surface area contributed by atoms with Crippen LogP contribution in [0.15, 0.2) is 22.6 Å². The van der Waals surface area contributed by atoms with Crippen LogP contribution in [-0.2, 0) is 0 Å². The maximum atomic E-state index is 4.48. The van der Waals surface area contributed by atoms with Crippen LogP contribution in [0, 0.1) is 20.8 Å². The van der Waals surface area contributed by atoms with Crippen molar-refractivity contribution in [2.75, 3.05) is 11.9 Å². The standard InChI is InChI=1S/C13H17N5S/c1-5-14-11-6-12(16-7-15-11)19-13-17-9(3)8(2)10(4)18-13/h6-7H,5H2,1-4H3,(H,14,15,16). The Kier molecular flexibility index (Phi) is 4.31. The molecule has 2 aromatic heterocycles. The van der Waals surface area contributed by atoms with Gasteiger partial charge in [-0.1, -0.05) is 0 Å². The van der Waals surface area contributed by atoms with Crippen molar-refractivity contribution in [2.24, 2.45) is 0 Å². The highest BCUT2D eigenvalue weighted by Gasteiger charge is 2.07. The molecule has 0 fully saturated rings. The molecule has 100 valence electrons. The minimum atomic E-state index is 0.724. The summed E-state index contributed by atoms with van der Waals surface area (Å²) in [5.41, 5.74) is 3.16. The Hall–Kier alpha value is -1.69. The van der Waals surface area contributed by atoms with Gasteiger partial charge in [-0.2, -0.15) is 0 Å². The van der Waals surface area contributed by atoms with E-state index in [0.29, 0.717) is 0 Å². The van der Waals surface area contributed by atoms with Gasteiger partial charge in [0.1, 0.15) is 17.2 Å². The Morgan fingerprint density at radius 2 is 1.79 bits per heavy atom. The van der Waals surface area contributed by atoms with Gasteiger partial charge in [0.15, 0.2) is 5.16 Å². The number of aromatic nitrogens is 4. The van der Waals surface area contributed by atoms with Crippen LogP contribution in [-0.4, -0.2) is 26.5 Å². The zero-order valence-electron chi connectivity index (χ0n) is 11.6. The van der Waals surface area contributed by atoms with E-state index >= 15 is 0 Å². The topological polar surface area (TPSA) is 63.6 Å². The highest BCUT2D eigenvalue weighted by Crippen LogP contribution is 2.25. The first-order valence-electron chi connectivity index (χ1n) is 6.15. The van der Waals surface area contributed by atoms with Crippen molar-refractivity contribution >= 4 is 17.6 Å². The summed E-state index contributed by atoms with van der Waals surface area (Å²) in [6.45, 7) is 8.90. The van der Waals surface area contributed by atoms with Crippen molar-refractivity contribution in [3.8, 4) is 0 Å². The molecule has 6 heteroatoms. The minimum absolute atomic E-state index is 0.724. The molecule has 2 heterocycles. The second kappa shape index (κ2) is 5.97. The van der Waals surface area contributed by atoms with Crippen molar-refractivity contribution in [1.29, 1.82) is 0 Å². The summed E-state index contributed by atoms with van der Waals surface area (Å²) >= 11 is 1.45. The van der Waals surface area contributed by atoms with E-state index in [1.165, 1.54) is 11.8 Å². The number of hydrogen-bond donors (Lipinski definition) is 1. The van der Waals surface area contributed by atoms with Gasteiger partial charge in [-0.25, -0.2) is 19.9 Å². The van der Waals surface area contributed by atoms with E-state index in [-0.39, 0.29) is 0 Å². The number of nitrogens with zero attached hydrogens (tertiary/aromatic N) is 4. The van der Waals surface area contributed by atoms with Crippen LogP contribution in [0.25, 0.3) is 0 Å². The summed E-state index contributed by atoms with van der Waals surface area (Å²) in [6, 6.07) is 1.90. The number of hydrogen-bond acceptors (Lipinski definition) is 6. The molecule has 0 aliphatic heterocycles. The first-order valence-corrected chi connectivity index (χ1v) is 6.97. The summed E-state index contributed by atoms with van der Waals surface area (Å²) in [4.78, 5) is 17.3. The first-order chi connectivity index (χ1) is 9.10. The molecular weight excluding hydrogens is 258 g/mol. The first kappa shape index (κ1) is 13.7. The Balaban J connectivity index is 2.23. The molecule has 0 radical (unpaired) electrons. The molecule has 0 aromatic carbocycles. The predicted molar refractivity (Wildman–Crippen MR) is 76.6 cm³/mol. The average molecular weight is 275 g/mol. The van der Waals surface area contributed by atoms with Crippen molar-refractivity contribution in [1.82, 2.24) is 19.9 Å². The molecule has 1 N–H and O–H groups in total.